The van der Waals surface area contributed by atoms with E-state index in [1.807, 2.05) is 72.8 Å². The number of para-hydroxylation sites is 1. The predicted molar refractivity (Wildman–Crippen MR) is 129 cm³/mol. The Morgan fingerprint density at radius 3 is 1.27 bits per heavy atom. The summed E-state index contributed by atoms with van der Waals surface area (Å²) in [6.07, 6.45) is 0. The highest BCUT2D eigenvalue weighted by Crippen LogP contribution is 2.29. The van der Waals surface area contributed by atoms with Crippen LogP contribution < -0.4 is 4.43 Å². The molecule has 3 aromatic carbocycles. The molecule has 0 amide bonds. The second kappa shape index (κ2) is 9.95. The third-order valence-electron chi connectivity index (χ3n) is 4.36. The van der Waals surface area contributed by atoms with Crippen LogP contribution in [-0.4, -0.2) is 13.4 Å². The first-order valence-corrected chi connectivity index (χ1v) is 13.5. The standard InChI is InChI=1S/C12H10O.C9H14OSi.C6H4/c13-12-8-6-11(7-9-12)10-4-2-1-3-5-10;1-11(2,3)10-9-7-5-4-6-8-9;1-2-6-4-3-5(1)6/h1-9,13H;4-8H,1-3H3;1-4H. The van der Waals surface area contributed by atoms with Crippen molar-refractivity contribution in [2.45, 2.75) is 19.6 Å². The molecular weight excluding hydrogens is 384 g/mol. The Hall–Kier alpha value is -3.30. The van der Waals surface area contributed by atoms with E-state index < -0.39 is 8.32 Å². The van der Waals surface area contributed by atoms with Crippen LogP contribution in [0.2, 0.25) is 19.6 Å². The van der Waals surface area contributed by atoms with Gasteiger partial charge in [0.1, 0.15) is 11.5 Å². The lowest BCUT2D eigenvalue weighted by Crippen LogP contribution is -2.29. The third-order valence-corrected chi connectivity index (χ3v) is 5.21. The molecule has 2 aliphatic carbocycles. The van der Waals surface area contributed by atoms with Gasteiger partial charge in [0.05, 0.1) is 0 Å². The van der Waals surface area contributed by atoms with Gasteiger partial charge in [0, 0.05) is 0 Å². The van der Waals surface area contributed by atoms with Gasteiger partial charge in [0.25, 0.3) is 0 Å². The van der Waals surface area contributed by atoms with Crippen molar-refractivity contribution in [3.05, 3.63) is 109 Å². The molecule has 2 nitrogen and oxygen atoms in total. The van der Waals surface area contributed by atoms with Crippen LogP contribution >= 0.6 is 0 Å². The van der Waals surface area contributed by atoms with Crippen molar-refractivity contribution in [3.63, 3.8) is 0 Å². The van der Waals surface area contributed by atoms with Crippen LogP contribution in [0.4, 0.5) is 0 Å². The molecule has 0 atom stereocenters. The number of phenols is 1. The highest BCUT2D eigenvalue weighted by Gasteiger charge is 2.15. The number of aromatic hydroxyl groups is 1. The number of fused-ring (bicyclic) bond motifs is 1. The predicted octanol–water partition coefficient (Wildman–Crippen LogP) is 7.63. The molecule has 0 heterocycles. The fourth-order valence-electron chi connectivity index (χ4n) is 2.79. The number of rotatable bonds is 3. The van der Waals surface area contributed by atoms with E-state index in [-0.39, 0.29) is 0 Å². The van der Waals surface area contributed by atoms with Crippen LogP contribution in [0, 0.1) is 0 Å². The molecule has 152 valence electrons. The van der Waals surface area contributed by atoms with Crippen molar-refractivity contribution in [2.24, 2.45) is 0 Å². The van der Waals surface area contributed by atoms with Crippen molar-refractivity contribution in [2.75, 3.05) is 0 Å². The molecule has 2 aliphatic rings. The maximum Gasteiger partial charge on any atom is 0.242 e. The fourth-order valence-corrected chi connectivity index (χ4v) is 3.63. The van der Waals surface area contributed by atoms with Gasteiger partial charge in [0.2, 0.25) is 8.32 Å². The molecule has 5 rings (SSSR count). The largest absolute Gasteiger partial charge is 0.544 e. The van der Waals surface area contributed by atoms with Crippen LogP contribution in [0.5, 0.6) is 11.5 Å². The van der Waals surface area contributed by atoms with E-state index in [1.165, 1.54) is 16.7 Å². The Labute approximate surface area is 180 Å². The van der Waals surface area contributed by atoms with E-state index in [4.69, 9.17) is 9.53 Å². The number of hydrogen-bond donors (Lipinski definition) is 1. The molecule has 3 aromatic rings. The van der Waals surface area contributed by atoms with Crippen molar-refractivity contribution >= 4 is 8.32 Å². The lowest BCUT2D eigenvalue weighted by molar-refractivity contribution is 0.475. The number of benzene rings is 4. The quantitative estimate of drug-likeness (QED) is 0.309. The van der Waals surface area contributed by atoms with Gasteiger partial charge in [-0.3, -0.25) is 0 Å². The summed E-state index contributed by atoms with van der Waals surface area (Å²) in [5.74, 6) is 1.30. The van der Waals surface area contributed by atoms with E-state index in [0.717, 1.165) is 11.3 Å². The molecule has 0 unspecified atom stereocenters. The molecule has 1 N–H and O–H groups in total. The van der Waals surface area contributed by atoms with Gasteiger partial charge < -0.3 is 9.53 Å². The Morgan fingerprint density at radius 1 is 0.500 bits per heavy atom. The van der Waals surface area contributed by atoms with Crippen molar-refractivity contribution < 1.29 is 9.53 Å². The average molecular weight is 413 g/mol. The van der Waals surface area contributed by atoms with Crippen LogP contribution in [0.1, 0.15) is 0 Å². The molecule has 0 bridgehead atoms. The van der Waals surface area contributed by atoms with E-state index in [9.17, 15) is 0 Å². The second-order valence-corrected chi connectivity index (χ2v) is 12.4. The van der Waals surface area contributed by atoms with Gasteiger partial charge >= 0.3 is 0 Å². The number of phenolic OH excluding ortho intramolecular Hbond substituents is 1. The van der Waals surface area contributed by atoms with E-state index >= 15 is 0 Å². The summed E-state index contributed by atoms with van der Waals surface area (Å²) < 4.78 is 5.74. The first-order chi connectivity index (χ1) is 14.4. The molecule has 0 spiro atoms. The van der Waals surface area contributed by atoms with Gasteiger partial charge in [-0.2, -0.15) is 0 Å². The molecule has 0 aliphatic heterocycles. The van der Waals surface area contributed by atoms with E-state index in [2.05, 4.69) is 43.9 Å². The minimum Gasteiger partial charge on any atom is -0.544 e. The summed E-state index contributed by atoms with van der Waals surface area (Å²) in [6, 6.07) is 35.8. The first-order valence-electron chi connectivity index (χ1n) is 10.1. The van der Waals surface area contributed by atoms with Crippen LogP contribution in [0.15, 0.2) is 109 Å². The topological polar surface area (TPSA) is 29.5 Å². The number of hydrogen-bond acceptors (Lipinski definition) is 2. The van der Waals surface area contributed by atoms with Crippen molar-refractivity contribution in [1.82, 2.24) is 0 Å². The molecular formula is C27H28O2Si. The Kier molecular flexibility index (Phi) is 7.10. The smallest absolute Gasteiger partial charge is 0.242 e. The summed E-state index contributed by atoms with van der Waals surface area (Å²) >= 11 is 0. The normalized spacial score (nSPS) is 10.6. The van der Waals surface area contributed by atoms with Gasteiger partial charge in [-0.15, -0.1) is 0 Å². The fraction of sp³-hybridized carbons (Fsp3) is 0.111. The van der Waals surface area contributed by atoms with E-state index in [1.54, 1.807) is 12.1 Å². The lowest BCUT2D eigenvalue weighted by atomic mass is 9.95. The van der Waals surface area contributed by atoms with Gasteiger partial charge in [-0.1, -0.05) is 84.9 Å². The minimum atomic E-state index is -1.40. The van der Waals surface area contributed by atoms with Crippen LogP contribution in [0.3, 0.4) is 0 Å². The van der Waals surface area contributed by atoms with Gasteiger partial charge in [-0.25, -0.2) is 0 Å². The molecule has 0 saturated carbocycles. The highest BCUT2D eigenvalue weighted by molar-refractivity contribution is 6.70. The summed E-state index contributed by atoms with van der Waals surface area (Å²) in [5.41, 5.74) is 5.14. The second-order valence-electron chi connectivity index (χ2n) is 8.02. The van der Waals surface area contributed by atoms with Crippen LogP contribution in [-0.2, 0) is 0 Å². The SMILES string of the molecule is C[Si](C)(C)Oc1ccccc1.Oc1ccc(-c2ccccc2)cc1.c1cc2ccc1-2. The summed E-state index contributed by atoms with van der Waals surface area (Å²) in [4.78, 5) is 0. The Bertz CT molecular complexity index is 999. The first kappa shape index (κ1) is 21.4. The molecule has 3 heteroatoms. The summed E-state index contributed by atoms with van der Waals surface area (Å²) in [5, 5.41) is 9.10. The average Bonchev–Trinajstić information content (AvgIpc) is 2.72. The monoisotopic (exact) mass is 412 g/mol. The molecule has 0 fully saturated rings. The zero-order chi connectivity index (χ0) is 21.4. The third kappa shape index (κ3) is 6.64. The van der Waals surface area contributed by atoms with Crippen molar-refractivity contribution in [1.29, 1.82) is 0 Å². The Balaban J connectivity index is 0.000000136. The maximum atomic E-state index is 9.10. The minimum absolute atomic E-state index is 0.305. The molecule has 0 saturated heterocycles. The zero-order valence-electron chi connectivity index (χ0n) is 17.7. The lowest BCUT2D eigenvalue weighted by Gasteiger charge is -2.18. The molecule has 0 radical (unpaired) electrons. The maximum absolute atomic E-state index is 9.10. The highest BCUT2D eigenvalue weighted by atomic mass is 28.4. The molecule has 30 heavy (non-hydrogen) atoms. The summed E-state index contributed by atoms with van der Waals surface area (Å²) in [6.45, 7) is 6.54. The van der Waals surface area contributed by atoms with Gasteiger partial charge in [0.15, 0.2) is 0 Å². The van der Waals surface area contributed by atoms with E-state index in [0.29, 0.717) is 5.75 Å². The van der Waals surface area contributed by atoms with Gasteiger partial charge in [-0.05, 0) is 66.2 Å². The molecule has 0 aromatic heterocycles. The zero-order valence-corrected chi connectivity index (χ0v) is 18.7. The summed E-state index contributed by atoms with van der Waals surface area (Å²) in [7, 11) is -1.40. The van der Waals surface area contributed by atoms with Crippen LogP contribution in [0.25, 0.3) is 22.3 Å². The Morgan fingerprint density at radius 2 is 0.867 bits per heavy atom. The van der Waals surface area contributed by atoms with Crippen molar-refractivity contribution in [3.8, 4) is 33.8 Å².